The van der Waals surface area contributed by atoms with Crippen LogP contribution in [-0.4, -0.2) is 57.6 Å². The number of nitrogens with one attached hydrogen (secondary N) is 1. The molecule has 1 saturated heterocycles. The van der Waals surface area contributed by atoms with Crippen LogP contribution in [0.2, 0.25) is 0 Å². The van der Waals surface area contributed by atoms with E-state index in [4.69, 9.17) is 9.97 Å². The summed E-state index contributed by atoms with van der Waals surface area (Å²) >= 11 is 0. The number of rotatable bonds is 5. The van der Waals surface area contributed by atoms with Crippen molar-refractivity contribution in [3.63, 3.8) is 0 Å². The van der Waals surface area contributed by atoms with Crippen LogP contribution in [0.3, 0.4) is 0 Å². The molecule has 1 aliphatic carbocycles. The Morgan fingerprint density at radius 2 is 2.10 bits per heavy atom. The summed E-state index contributed by atoms with van der Waals surface area (Å²) in [6.07, 6.45) is 6.41. The number of aliphatic hydroxyl groups is 1. The van der Waals surface area contributed by atoms with E-state index in [2.05, 4.69) is 44.8 Å². The van der Waals surface area contributed by atoms with Gasteiger partial charge >= 0.3 is 0 Å². The van der Waals surface area contributed by atoms with Gasteiger partial charge in [0.2, 0.25) is 0 Å². The zero-order chi connectivity index (χ0) is 21.2. The molecule has 0 aromatic carbocycles. The van der Waals surface area contributed by atoms with Crippen LogP contribution in [0.25, 0.3) is 5.65 Å². The van der Waals surface area contributed by atoms with Crippen molar-refractivity contribution < 1.29 is 5.11 Å². The lowest BCUT2D eigenvalue weighted by Crippen LogP contribution is -2.30. The highest BCUT2D eigenvalue weighted by Gasteiger charge is 2.27. The molecule has 1 atom stereocenters. The standard InChI is InChI=1S/C24H32N6O/c1-28(20-8-2-6-18-7-4-12-26-24(18)20)16-19-21(17-31)30-22(27-19)9-3-10-23(30)29-14-5-11-25-13-15-29/h3-4,7,9-10,12,20,25,31H,2,5-6,8,11,13-17H2,1H3/t20-/m0/s1. The molecule has 7 heteroatoms. The highest BCUT2D eigenvalue weighted by atomic mass is 16.3. The first kappa shape index (κ1) is 20.4. The third-order valence-electron chi connectivity index (χ3n) is 6.71. The minimum absolute atomic E-state index is 0.0209. The second-order valence-corrected chi connectivity index (χ2v) is 8.70. The second-order valence-electron chi connectivity index (χ2n) is 8.70. The van der Waals surface area contributed by atoms with Crippen LogP contribution in [0.5, 0.6) is 0 Å². The normalized spacial score (nSPS) is 19.6. The van der Waals surface area contributed by atoms with E-state index < -0.39 is 0 Å². The average Bonchev–Trinajstić information content (AvgIpc) is 2.96. The summed E-state index contributed by atoms with van der Waals surface area (Å²) in [5.74, 6) is 1.12. The molecule has 2 aliphatic rings. The lowest BCUT2D eigenvalue weighted by molar-refractivity contribution is 0.203. The molecule has 31 heavy (non-hydrogen) atoms. The Bertz CT molecular complexity index is 1040. The summed E-state index contributed by atoms with van der Waals surface area (Å²) in [6.45, 7) is 4.67. The molecule has 3 aromatic heterocycles. The van der Waals surface area contributed by atoms with Crippen molar-refractivity contribution >= 4 is 11.5 Å². The molecular weight excluding hydrogens is 388 g/mol. The van der Waals surface area contributed by atoms with Crippen LogP contribution in [0, 0.1) is 0 Å². The minimum Gasteiger partial charge on any atom is -0.390 e. The van der Waals surface area contributed by atoms with E-state index in [9.17, 15) is 5.11 Å². The van der Waals surface area contributed by atoms with Crippen LogP contribution in [-0.2, 0) is 19.6 Å². The summed E-state index contributed by atoms with van der Waals surface area (Å²) in [6, 6.07) is 10.8. The van der Waals surface area contributed by atoms with Crippen molar-refractivity contribution in [1.82, 2.24) is 24.6 Å². The summed E-state index contributed by atoms with van der Waals surface area (Å²) in [5, 5.41) is 13.8. The molecule has 5 rings (SSSR count). The number of anilines is 1. The van der Waals surface area contributed by atoms with E-state index in [0.717, 1.165) is 68.3 Å². The summed E-state index contributed by atoms with van der Waals surface area (Å²) in [7, 11) is 2.15. The maximum Gasteiger partial charge on any atom is 0.138 e. The number of hydrogen-bond donors (Lipinski definition) is 2. The first-order valence-corrected chi connectivity index (χ1v) is 11.5. The van der Waals surface area contributed by atoms with Gasteiger partial charge in [0.15, 0.2) is 0 Å². The van der Waals surface area contributed by atoms with Crippen molar-refractivity contribution in [1.29, 1.82) is 0 Å². The number of aromatic nitrogens is 3. The lowest BCUT2D eigenvalue weighted by Gasteiger charge is -2.32. The van der Waals surface area contributed by atoms with Crippen molar-refractivity contribution in [2.45, 2.75) is 44.9 Å². The van der Waals surface area contributed by atoms with E-state index >= 15 is 0 Å². The van der Waals surface area contributed by atoms with Gasteiger partial charge in [0.25, 0.3) is 0 Å². The van der Waals surface area contributed by atoms with Crippen LogP contribution < -0.4 is 10.2 Å². The van der Waals surface area contributed by atoms with Crippen LogP contribution in [0.4, 0.5) is 5.82 Å². The van der Waals surface area contributed by atoms with Gasteiger partial charge in [0.1, 0.15) is 11.5 Å². The number of imidazole rings is 1. The molecule has 3 aromatic rings. The molecular formula is C24H32N6O. The van der Waals surface area contributed by atoms with Gasteiger partial charge in [0.05, 0.1) is 29.7 Å². The number of pyridine rings is 2. The molecule has 1 fully saturated rings. The predicted octanol–water partition coefficient (Wildman–Crippen LogP) is 2.53. The predicted molar refractivity (Wildman–Crippen MR) is 122 cm³/mol. The first-order valence-electron chi connectivity index (χ1n) is 11.5. The van der Waals surface area contributed by atoms with Gasteiger partial charge in [-0.1, -0.05) is 12.1 Å². The highest BCUT2D eigenvalue weighted by Crippen LogP contribution is 2.33. The molecule has 0 unspecified atom stereocenters. The third-order valence-corrected chi connectivity index (χ3v) is 6.71. The molecule has 164 valence electrons. The average molecular weight is 421 g/mol. The third kappa shape index (κ3) is 3.93. The quantitative estimate of drug-likeness (QED) is 0.661. The van der Waals surface area contributed by atoms with Crippen LogP contribution >= 0.6 is 0 Å². The SMILES string of the molecule is CN(Cc1nc2cccc(N3CCCNCC3)n2c1CO)[C@H]1CCCc2cccnc21. The maximum atomic E-state index is 10.3. The van der Waals surface area contributed by atoms with Crippen molar-refractivity contribution in [3.8, 4) is 0 Å². The van der Waals surface area contributed by atoms with Gasteiger partial charge < -0.3 is 15.3 Å². The van der Waals surface area contributed by atoms with Gasteiger partial charge in [-0.25, -0.2) is 4.98 Å². The number of fused-ring (bicyclic) bond motifs is 2. The van der Waals surface area contributed by atoms with Crippen molar-refractivity contribution in [3.05, 3.63) is 59.2 Å². The van der Waals surface area contributed by atoms with Gasteiger partial charge in [-0.3, -0.25) is 14.3 Å². The first-order chi connectivity index (χ1) is 15.3. The summed E-state index contributed by atoms with van der Waals surface area (Å²) in [4.78, 5) is 14.4. The fraction of sp³-hybridized carbons (Fsp3) is 0.500. The fourth-order valence-electron chi connectivity index (χ4n) is 5.15. The Hall–Kier alpha value is -2.48. The Kier molecular flexibility index (Phi) is 5.89. The van der Waals surface area contributed by atoms with Crippen LogP contribution in [0.15, 0.2) is 36.5 Å². The largest absolute Gasteiger partial charge is 0.390 e. The smallest absolute Gasteiger partial charge is 0.138 e. The molecule has 0 spiro atoms. The van der Waals surface area contributed by atoms with Crippen LogP contribution in [0.1, 0.15) is 47.9 Å². The van der Waals surface area contributed by atoms with Gasteiger partial charge in [-0.05, 0) is 63.0 Å². The van der Waals surface area contributed by atoms with Gasteiger partial charge in [0, 0.05) is 32.4 Å². The molecule has 0 bridgehead atoms. The van der Waals surface area contributed by atoms with E-state index in [-0.39, 0.29) is 12.6 Å². The van der Waals surface area contributed by atoms with E-state index in [1.807, 2.05) is 18.3 Å². The molecule has 4 heterocycles. The lowest BCUT2D eigenvalue weighted by atomic mass is 9.91. The molecule has 0 amide bonds. The number of hydrogen-bond acceptors (Lipinski definition) is 6. The maximum absolute atomic E-state index is 10.3. The van der Waals surface area contributed by atoms with E-state index in [0.29, 0.717) is 6.54 Å². The Labute approximate surface area is 183 Å². The van der Waals surface area contributed by atoms with E-state index in [1.54, 1.807) is 0 Å². The second kappa shape index (κ2) is 8.94. The van der Waals surface area contributed by atoms with E-state index in [1.165, 1.54) is 17.7 Å². The monoisotopic (exact) mass is 420 g/mol. The van der Waals surface area contributed by atoms with Crippen molar-refractivity contribution in [2.75, 3.05) is 38.1 Å². The Balaban J connectivity index is 1.47. The minimum atomic E-state index is -0.0209. The Morgan fingerprint density at radius 3 is 3.00 bits per heavy atom. The fourth-order valence-corrected chi connectivity index (χ4v) is 5.15. The zero-order valence-corrected chi connectivity index (χ0v) is 18.3. The number of aliphatic hydroxyl groups excluding tert-OH is 1. The topological polar surface area (TPSA) is 68.9 Å². The van der Waals surface area contributed by atoms with Gasteiger partial charge in [-0.2, -0.15) is 0 Å². The van der Waals surface area contributed by atoms with Gasteiger partial charge in [-0.15, -0.1) is 0 Å². The van der Waals surface area contributed by atoms with Crippen molar-refractivity contribution in [2.24, 2.45) is 0 Å². The number of nitrogens with zero attached hydrogens (tertiary/aromatic N) is 5. The molecule has 0 saturated carbocycles. The highest BCUT2D eigenvalue weighted by molar-refractivity contribution is 5.55. The molecule has 1 aliphatic heterocycles. The summed E-state index contributed by atoms with van der Waals surface area (Å²) < 4.78 is 2.15. The Morgan fingerprint density at radius 1 is 1.16 bits per heavy atom. The molecule has 0 radical (unpaired) electrons. The molecule has 7 nitrogen and oxygen atoms in total. The number of aryl methyl sites for hydroxylation is 1. The summed E-state index contributed by atoms with van der Waals surface area (Å²) in [5.41, 5.74) is 5.31. The molecule has 2 N–H and O–H groups in total. The zero-order valence-electron chi connectivity index (χ0n) is 18.3.